The summed E-state index contributed by atoms with van der Waals surface area (Å²) in [5.41, 5.74) is 2.82. The highest BCUT2D eigenvalue weighted by Gasteiger charge is 2.49. The molecule has 0 spiro atoms. The number of furan rings is 1. The molecule has 1 aliphatic heterocycles. The van der Waals surface area contributed by atoms with Gasteiger partial charge in [-0.15, -0.1) is 0 Å². The summed E-state index contributed by atoms with van der Waals surface area (Å²) in [6.45, 7) is 3.14. The molecule has 3 aromatic rings. The van der Waals surface area contributed by atoms with Gasteiger partial charge in [0.05, 0.1) is 6.04 Å². The molecule has 7 nitrogen and oxygen atoms in total. The predicted octanol–water partition coefficient (Wildman–Crippen LogP) is 3.57. The number of urea groups is 1. The molecule has 7 heteroatoms. The molecule has 0 bridgehead atoms. The molecule has 1 fully saturated rings. The summed E-state index contributed by atoms with van der Waals surface area (Å²) in [6, 6.07) is 14.4. The van der Waals surface area contributed by atoms with Crippen LogP contribution in [0.25, 0.3) is 11.0 Å². The highest BCUT2D eigenvalue weighted by Crippen LogP contribution is 2.32. The lowest BCUT2D eigenvalue weighted by Crippen LogP contribution is -2.43. The molecule has 2 atom stereocenters. The molecule has 32 heavy (non-hydrogen) atoms. The van der Waals surface area contributed by atoms with Crippen LogP contribution < -0.4 is 10.6 Å². The van der Waals surface area contributed by atoms with E-state index in [4.69, 9.17) is 4.42 Å². The lowest BCUT2D eigenvalue weighted by atomic mass is 9.89. The molecule has 5 rings (SSSR count). The van der Waals surface area contributed by atoms with Gasteiger partial charge in [-0.3, -0.25) is 14.5 Å². The van der Waals surface area contributed by atoms with Crippen LogP contribution in [-0.2, 0) is 28.0 Å². The van der Waals surface area contributed by atoms with Crippen LogP contribution in [-0.4, -0.2) is 29.3 Å². The molecular weight excluding hydrogens is 406 g/mol. The Morgan fingerprint density at radius 3 is 2.75 bits per heavy atom. The van der Waals surface area contributed by atoms with Crippen LogP contribution in [0, 0.1) is 0 Å². The molecule has 2 N–H and O–H groups in total. The summed E-state index contributed by atoms with van der Waals surface area (Å²) in [4.78, 5) is 39.4. The van der Waals surface area contributed by atoms with Gasteiger partial charge in [0.1, 0.15) is 23.4 Å². The van der Waals surface area contributed by atoms with E-state index in [1.54, 1.807) is 13.8 Å². The number of rotatable bonds is 5. The molecule has 1 aliphatic carbocycles. The van der Waals surface area contributed by atoms with Gasteiger partial charge in [-0.2, -0.15) is 0 Å². The lowest BCUT2D eigenvalue weighted by Gasteiger charge is -2.23. The topological polar surface area (TPSA) is 91.7 Å². The molecule has 2 heterocycles. The zero-order chi connectivity index (χ0) is 22.5. The third-order valence-electron chi connectivity index (χ3n) is 6.50. The Labute approximate surface area is 185 Å². The van der Waals surface area contributed by atoms with Crippen LogP contribution >= 0.6 is 0 Å². The van der Waals surface area contributed by atoms with Crippen LogP contribution in [0.2, 0.25) is 0 Å². The van der Waals surface area contributed by atoms with Crippen molar-refractivity contribution in [2.45, 2.75) is 44.7 Å². The zero-order valence-electron chi connectivity index (χ0n) is 18.1. The standard InChI is InChI=1S/C25H25N3O4/c1-15(21-13-18-6-3-4-9-20(18)32-21)26-22(29)14-28-23(30)25(2,27-24(28)31)19-11-10-16-7-5-8-17(16)12-19/h3-4,6,9-13,15H,5,7-8,14H2,1-2H3,(H,26,29)(H,27,31). The first-order valence-corrected chi connectivity index (χ1v) is 10.9. The van der Waals surface area contributed by atoms with E-state index in [0.717, 1.165) is 40.7 Å². The second kappa shape index (κ2) is 7.51. The number of hydrogen-bond donors (Lipinski definition) is 2. The van der Waals surface area contributed by atoms with Crippen LogP contribution in [0.1, 0.15) is 48.8 Å². The fourth-order valence-corrected chi connectivity index (χ4v) is 4.64. The van der Waals surface area contributed by atoms with Gasteiger partial charge in [-0.1, -0.05) is 36.4 Å². The van der Waals surface area contributed by atoms with E-state index < -0.39 is 29.4 Å². The first kappa shape index (κ1) is 20.3. The van der Waals surface area contributed by atoms with E-state index in [0.29, 0.717) is 5.76 Å². The van der Waals surface area contributed by atoms with Crippen molar-refractivity contribution in [1.29, 1.82) is 0 Å². The molecule has 2 aliphatic rings. The second-order valence-electron chi connectivity index (χ2n) is 8.76. The maximum atomic E-state index is 13.2. The fourth-order valence-electron chi connectivity index (χ4n) is 4.64. The minimum atomic E-state index is -1.18. The number of aryl methyl sites for hydroxylation is 2. The van der Waals surface area contributed by atoms with Crippen molar-refractivity contribution in [2.75, 3.05) is 6.54 Å². The number of carbonyl (C=O) groups excluding carboxylic acids is 3. The third kappa shape index (κ3) is 3.34. The van der Waals surface area contributed by atoms with Crippen LogP contribution in [0.5, 0.6) is 0 Å². The SMILES string of the molecule is CC(NC(=O)CN1C(=O)NC(C)(c2ccc3c(c2)CCC3)C1=O)c1cc2ccccc2o1. The molecule has 0 radical (unpaired) electrons. The Hall–Kier alpha value is -3.61. The van der Waals surface area contributed by atoms with Gasteiger partial charge in [0.15, 0.2) is 0 Å². The second-order valence-corrected chi connectivity index (χ2v) is 8.76. The first-order chi connectivity index (χ1) is 15.3. The van der Waals surface area contributed by atoms with Gasteiger partial charge in [-0.05, 0) is 61.9 Å². The number of amides is 4. The van der Waals surface area contributed by atoms with Crippen molar-refractivity contribution >= 4 is 28.8 Å². The zero-order valence-corrected chi connectivity index (χ0v) is 18.1. The fraction of sp³-hybridized carbons (Fsp3) is 0.320. The smallest absolute Gasteiger partial charge is 0.325 e. The summed E-state index contributed by atoms with van der Waals surface area (Å²) in [7, 11) is 0. The number of para-hydroxylation sites is 1. The highest BCUT2D eigenvalue weighted by atomic mass is 16.3. The highest BCUT2D eigenvalue weighted by molar-refractivity contribution is 6.09. The van der Waals surface area contributed by atoms with Gasteiger partial charge in [0, 0.05) is 5.39 Å². The number of carbonyl (C=O) groups is 3. The first-order valence-electron chi connectivity index (χ1n) is 10.9. The summed E-state index contributed by atoms with van der Waals surface area (Å²) in [5, 5.41) is 6.55. The summed E-state index contributed by atoms with van der Waals surface area (Å²) in [5.74, 6) is -0.244. The van der Waals surface area contributed by atoms with Crippen LogP contribution in [0.15, 0.2) is 52.9 Å². The molecule has 1 aromatic heterocycles. The number of fused-ring (bicyclic) bond motifs is 2. The van der Waals surface area contributed by atoms with Gasteiger partial charge in [-0.25, -0.2) is 4.79 Å². The average molecular weight is 431 g/mol. The number of nitrogens with one attached hydrogen (secondary N) is 2. The van der Waals surface area contributed by atoms with Gasteiger partial charge in [0.25, 0.3) is 5.91 Å². The van der Waals surface area contributed by atoms with Crippen molar-refractivity contribution in [3.8, 4) is 0 Å². The largest absolute Gasteiger partial charge is 0.459 e. The monoisotopic (exact) mass is 431 g/mol. The molecule has 0 saturated carbocycles. The van der Waals surface area contributed by atoms with Crippen LogP contribution in [0.3, 0.4) is 0 Å². The van der Waals surface area contributed by atoms with E-state index in [2.05, 4.69) is 10.6 Å². The molecule has 4 amide bonds. The quantitative estimate of drug-likeness (QED) is 0.604. The maximum absolute atomic E-state index is 13.2. The number of benzene rings is 2. The average Bonchev–Trinajstić information content (AvgIpc) is 3.47. The minimum absolute atomic E-state index is 0.351. The van der Waals surface area contributed by atoms with Crippen molar-refractivity contribution in [1.82, 2.24) is 15.5 Å². The number of imide groups is 1. The molecule has 2 aromatic carbocycles. The van der Waals surface area contributed by atoms with Gasteiger partial charge < -0.3 is 15.1 Å². The summed E-state index contributed by atoms with van der Waals surface area (Å²) < 4.78 is 5.80. The Morgan fingerprint density at radius 1 is 1.16 bits per heavy atom. The van der Waals surface area contributed by atoms with Crippen molar-refractivity contribution in [3.63, 3.8) is 0 Å². The van der Waals surface area contributed by atoms with Crippen molar-refractivity contribution in [3.05, 3.63) is 71.0 Å². The maximum Gasteiger partial charge on any atom is 0.325 e. The summed E-state index contributed by atoms with van der Waals surface area (Å²) in [6.07, 6.45) is 3.13. The Morgan fingerprint density at radius 2 is 1.94 bits per heavy atom. The predicted molar refractivity (Wildman–Crippen MR) is 119 cm³/mol. The normalized spacial score (nSPS) is 21.0. The molecule has 2 unspecified atom stereocenters. The van der Waals surface area contributed by atoms with E-state index in [9.17, 15) is 14.4 Å². The molecular formula is C25H25N3O4. The number of hydrogen-bond acceptors (Lipinski definition) is 4. The van der Waals surface area contributed by atoms with E-state index >= 15 is 0 Å². The van der Waals surface area contributed by atoms with Gasteiger partial charge >= 0.3 is 6.03 Å². The minimum Gasteiger partial charge on any atom is -0.459 e. The van der Waals surface area contributed by atoms with E-state index in [-0.39, 0.29) is 6.54 Å². The molecule has 164 valence electrons. The van der Waals surface area contributed by atoms with Gasteiger partial charge in [0.2, 0.25) is 5.91 Å². The molecule has 1 saturated heterocycles. The Bertz CT molecular complexity index is 1210. The Balaban J connectivity index is 1.29. The Kier molecular flexibility index (Phi) is 4.77. The van der Waals surface area contributed by atoms with Crippen LogP contribution in [0.4, 0.5) is 4.79 Å². The van der Waals surface area contributed by atoms with Crippen molar-refractivity contribution < 1.29 is 18.8 Å². The third-order valence-corrected chi connectivity index (χ3v) is 6.50. The number of nitrogens with zero attached hydrogens (tertiary/aromatic N) is 1. The van der Waals surface area contributed by atoms with Crippen molar-refractivity contribution in [2.24, 2.45) is 0 Å². The summed E-state index contributed by atoms with van der Waals surface area (Å²) >= 11 is 0. The lowest BCUT2D eigenvalue weighted by molar-refractivity contribution is -0.135. The van der Waals surface area contributed by atoms with E-state index in [1.807, 2.05) is 48.5 Å². The van der Waals surface area contributed by atoms with E-state index in [1.165, 1.54) is 11.1 Å².